The van der Waals surface area contributed by atoms with Crippen LogP contribution in [0.5, 0.6) is 0 Å². The Balaban J connectivity index is 4.27. The second kappa shape index (κ2) is 62.2. The van der Waals surface area contributed by atoms with Crippen LogP contribution in [0, 0.1) is 0 Å². The molecule has 73 heavy (non-hydrogen) atoms. The molecule has 0 aromatic heterocycles. The van der Waals surface area contributed by atoms with E-state index in [0.29, 0.717) is 19.3 Å². The highest BCUT2D eigenvalue weighted by atomic mass is 16.6. The smallest absolute Gasteiger partial charge is 0.306 e. The first-order valence-electron chi connectivity index (χ1n) is 32.5. The van der Waals surface area contributed by atoms with E-state index < -0.39 is 6.10 Å². The van der Waals surface area contributed by atoms with E-state index >= 15 is 0 Å². The van der Waals surface area contributed by atoms with Crippen molar-refractivity contribution in [2.75, 3.05) is 13.2 Å². The normalized spacial score (nSPS) is 12.2. The van der Waals surface area contributed by atoms with Gasteiger partial charge in [-0.05, 0) is 77.0 Å². The highest BCUT2D eigenvalue weighted by Gasteiger charge is 2.19. The molecule has 0 bridgehead atoms. The summed E-state index contributed by atoms with van der Waals surface area (Å²) in [6, 6.07) is 0. The van der Waals surface area contributed by atoms with Crippen LogP contribution in [-0.2, 0) is 28.6 Å². The molecule has 0 aliphatic rings. The predicted octanol–water partition coefficient (Wildman–Crippen LogP) is 22.0. The van der Waals surface area contributed by atoms with E-state index in [1.807, 2.05) is 0 Å². The average Bonchev–Trinajstić information content (AvgIpc) is 3.39. The Labute approximate surface area is 455 Å². The van der Waals surface area contributed by atoms with Crippen molar-refractivity contribution in [3.63, 3.8) is 0 Å². The number of carbonyl (C=O) groups is 3. The topological polar surface area (TPSA) is 78.9 Å². The molecule has 6 heteroatoms. The van der Waals surface area contributed by atoms with Crippen LogP contribution in [0.1, 0.15) is 355 Å². The summed E-state index contributed by atoms with van der Waals surface area (Å²) < 4.78 is 16.9. The minimum absolute atomic E-state index is 0.0739. The first-order chi connectivity index (χ1) is 36.0. The van der Waals surface area contributed by atoms with E-state index in [1.165, 1.54) is 238 Å². The standard InChI is InChI=1S/C67H124O6/c1-4-7-10-13-16-19-22-25-28-30-31-32-33-34-35-36-38-39-42-45-48-51-54-57-60-66(69)72-63-64(62-71-65(68)59-56-53-50-47-44-41-27-24-21-18-15-12-9-6-3)73-67(70)61-58-55-52-49-46-43-40-37-29-26-23-20-17-14-11-8-5-2/h17,20,24,26-27,29,64H,4-16,18-19,21-23,25,28,30-63H2,1-3H3/b20-17-,27-24-,29-26-. The molecular formula is C67H124O6. The van der Waals surface area contributed by atoms with E-state index in [2.05, 4.69) is 57.2 Å². The van der Waals surface area contributed by atoms with Crippen LogP contribution in [-0.4, -0.2) is 37.2 Å². The fourth-order valence-electron chi connectivity index (χ4n) is 9.71. The molecule has 0 heterocycles. The van der Waals surface area contributed by atoms with Gasteiger partial charge < -0.3 is 14.2 Å². The number of carbonyl (C=O) groups excluding carboxylic acids is 3. The molecule has 0 aliphatic carbocycles. The molecule has 0 N–H and O–H groups in total. The fraction of sp³-hybridized carbons (Fsp3) is 0.866. The van der Waals surface area contributed by atoms with Crippen molar-refractivity contribution in [1.82, 2.24) is 0 Å². The number of hydrogen-bond acceptors (Lipinski definition) is 6. The molecule has 0 aromatic carbocycles. The van der Waals surface area contributed by atoms with Crippen molar-refractivity contribution in [3.8, 4) is 0 Å². The Kier molecular flexibility index (Phi) is 60.2. The minimum atomic E-state index is -0.778. The van der Waals surface area contributed by atoms with Gasteiger partial charge in [-0.2, -0.15) is 0 Å². The second-order valence-electron chi connectivity index (χ2n) is 22.0. The number of allylic oxidation sites excluding steroid dienone is 6. The summed E-state index contributed by atoms with van der Waals surface area (Å²) >= 11 is 0. The molecule has 0 fully saturated rings. The summed E-state index contributed by atoms with van der Waals surface area (Å²) in [6.07, 6.45) is 75.8. The van der Waals surface area contributed by atoms with Crippen LogP contribution in [0.2, 0.25) is 0 Å². The molecule has 6 nitrogen and oxygen atoms in total. The van der Waals surface area contributed by atoms with Crippen molar-refractivity contribution in [3.05, 3.63) is 36.5 Å². The highest BCUT2D eigenvalue weighted by Crippen LogP contribution is 2.18. The van der Waals surface area contributed by atoms with E-state index in [-0.39, 0.29) is 31.1 Å². The molecule has 428 valence electrons. The quantitative estimate of drug-likeness (QED) is 0.0261. The van der Waals surface area contributed by atoms with E-state index in [1.54, 1.807) is 0 Å². The van der Waals surface area contributed by atoms with E-state index in [4.69, 9.17) is 14.2 Å². The van der Waals surface area contributed by atoms with Crippen LogP contribution in [0.25, 0.3) is 0 Å². The zero-order valence-electron chi connectivity index (χ0n) is 49.2. The van der Waals surface area contributed by atoms with Crippen molar-refractivity contribution in [1.29, 1.82) is 0 Å². The first kappa shape index (κ1) is 70.6. The molecule has 0 aliphatic heterocycles. The van der Waals surface area contributed by atoms with Crippen LogP contribution < -0.4 is 0 Å². The van der Waals surface area contributed by atoms with Crippen LogP contribution in [0.4, 0.5) is 0 Å². The minimum Gasteiger partial charge on any atom is -0.462 e. The predicted molar refractivity (Wildman–Crippen MR) is 316 cm³/mol. The molecule has 0 saturated heterocycles. The largest absolute Gasteiger partial charge is 0.462 e. The summed E-state index contributed by atoms with van der Waals surface area (Å²) in [6.45, 7) is 6.65. The van der Waals surface area contributed by atoms with Gasteiger partial charge >= 0.3 is 17.9 Å². The van der Waals surface area contributed by atoms with Gasteiger partial charge in [0, 0.05) is 19.3 Å². The third-order valence-electron chi connectivity index (χ3n) is 14.6. The Morgan fingerprint density at radius 1 is 0.274 bits per heavy atom. The fourth-order valence-corrected chi connectivity index (χ4v) is 9.71. The van der Waals surface area contributed by atoms with Crippen molar-refractivity contribution >= 4 is 17.9 Å². The number of unbranched alkanes of at least 4 members (excludes halogenated alkanes) is 43. The molecule has 1 unspecified atom stereocenters. The lowest BCUT2D eigenvalue weighted by atomic mass is 10.0. The van der Waals surface area contributed by atoms with Crippen LogP contribution in [0.15, 0.2) is 36.5 Å². The molecule has 0 radical (unpaired) electrons. The Morgan fingerprint density at radius 2 is 0.493 bits per heavy atom. The van der Waals surface area contributed by atoms with Gasteiger partial charge in [0.1, 0.15) is 13.2 Å². The zero-order chi connectivity index (χ0) is 52.9. The Bertz CT molecular complexity index is 1220. The lowest BCUT2D eigenvalue weighted by molar-refractivity contribution is -0.167. The van der Waals surface area contributed by atoms with Gasteiger partial charge in [-0.3, -0.25) is 14.4 Å². The Hall–Kier alpha value is -2.37. The Morgan fingerprint density at radius 3 is 0.795 bits per heavy atom. The molecular weight excluding hydrogens is 901 g/mol. The molecule has 0 spiro atoms. The van der Waals surface area contributed by atoms with Crippen molar-refractivity contribution in [2.24, 2.45) is 0 Å². The van der Waals surface area contributed by atoms with Crippen LogP contribution in [0.3, 0.4) is 0 Å². The maximum atomic E-state index is 12.9. The maximum absolute atomic E-state index is 12.9. The summed E-state index contributed by atoms with van der Waals surface area (Å²) in [5.74, 6) is -0.868. The summed E-state index contributed by atoms with van der Waals surface area (Å²) in [4.78, 5) is 38.3. The summed E-state index contributed by atoms with van der Waals surface area (Å²) in [7, 11) is 0. The number of esters is 3. The van der Waals surface area contributed by atoms with Gasteiger partial charge in [-0.15, -0.1) is 0 Å². The highest BCUT2D eigenvalue weighted by molar-refractivity contribution is 5.71. The third kappa shape index (κ3) is 60.4. The van der Waals surface area contributed by atoms with Crippen LogP contribution >= 0.6 is 0 Å². The van der Waals surface area contributed by atoms with Gasteiger partial charge in [0.05, 0.1) is 0 Å². The molecule has 0 aromatic rings. The zero-order valence-corrected chi connectivity index (χ0v) is 49.2. The average molecular weight is 1030 g/mol. The van der Waals surface area contributed by atoms with Gasteiger partial charge in [0.25, 0.3) is 0 Å². The van der Waals surface area contributed by atoms with Gasteiger partial charge in [-0.25, -0.2) is 0 Å². The van der Waals surface area contributed by atoms with Gasteiger partial charge in [0.15, 0.2) is 6.10 Å². The van der Waals surface area contributed by atoms with E-state index in [9.17, 15) is 14.4 Å². The van der Waals surface area contributed by atoms with Gasteiger partial charge in [0.2, 0.25) is 0 Å². The lowest BCUT2D eigenvalue weighted by Gasteiger charge is -2.18. The van der Waals surface area contributed by atoms with E-state index in [0.717, 1.165) is 77.0 Å². The van der Waals surface area contributed by atoms with Crippen molar-refractivity contribution in [2.45, 2.75) is 361 Å². The second-order valence-corrected chi connectivity index (χ2v) is 22.0. The molecule has 1 atom stereocenters. The molecule has 0 saturated carbocycles. The van der Waals surface area contributed by atoms with Crippen molar-refractivity contribution < 1.29 is 28.6 Å². The van der Waals surface area contributed by atoms with Gasteiger partial charge in [-0.1, -0.05) is 295 Å². The lowest BCUT2D eigenvalue weighted by Crippen LogP contribution is -2.30. The SMILES string of the molecule is CCCCC/C=C\C/C=C\CCCCCCCCCC(=O)OC(COC(=O)CCCCCCC/C=C\CCCCCCC)COC(=O)CCCCCCCCCCCCCCCCCCCCCCCCCC. The number of ether oxygens (including phenoxy) is 3. The molecule has 0 amide bonds. The number of rotatable bonds is 60. The first-order valence-corrected chi connectivity index (χ1v) is 32.5. The summed E-state index contributed by atoms with van der Waals surface area (Å²) in [5, 5.41) is 0. The third-order valence-corrected chi connectivity index (χ3v) is 14.6. The number of hydrogen-bond donors (Lipinski definition) is 0. The molecule has 0 rings (SSSR count). The maximum Gasteiger partial charge on any atom is 0.306 e. The summed E-state index contributed by atoms with van der Waals surface area (Å²) in [5.41, 5.74) is 0. The monoisotopic (exact) mass is 1020 g/mol.